The Hall–Kier alpha value is 0.310. The first kappa shape index (κ1) is 9.40. The van der Waals surface area contributed by atoms with Gasteiger partial charge in [-0.05, 0) is 13.0 Å². The molecule has 1 aliphatic rings. The maximum Gasteiger partial charge on any atom is 0.0209 e. The van der Waals surface area contributed by atoms with E-state index in [4.69, 9.17) is 0 Å². The van der Waals surface area contributed by atoms with Gasteiger partial charge in [-0.3, -0.25) is 4.90 Å². The highest BCUT2D eigenvalue weighted by atomic mass is 32.2. The lowest BCUT2D eigenvalue weighted by molar-refractivity contribution is 0.204. The van der Waals surface area contributed by atoms with Gasteiger partial charge < -0.3 is 0 Å². The van der Waals surface area contributed by atoms with Crippen molar-refractivity contribution in [3.8, 4) is 0 Å². The summed E-state index contributed by atoms with van der Waals surface area (Å²) in [7, 11) is 0. The van der Waals surface area contributed by atoms with Crippen LogP contribution in [0.3, 0.4) is 0 Å². The Balaban J connectivity index is 2.48. The van der Waals surface area contributed by atoms with E-state index in [0.717, 1.165) is 11.3 Å². The minimum atomic E-state index is 0.832. The van der Waals surface area contributed by atoms with Crippen LogP contribution >= 0.6 is 11.8 Å². The molecular formula is C9H19NS. The molecule has 0 spiro atoms. The first-order valence-corrected chi connectivity index (χ1v) is 5.70. The summed E-state index contributed by atoms with van der Waals surface area (Å²) in [6.45, 7) is 9.45. The number of thioether (sulfide) groups is 1. The monoisotopic (exact) mass is 173 g/mol. The smallest absolute Gasteiger partial charge is 0.0209 e. The molecule has 0 N–H and O–H groups in total. The molecule has 1 nitrogen and oxygen atoms in total. The van der Waals surface area contributed by atoms with Gasteiger partial charge in [0.2, 0.25) is 0 Å². The highest BCUT2D eigenvalue weighted by Gasteiger charge is 2.25. The third-order valence-corrected chi connectivity index (χ3v) is 3.85. The van der Waals surface area contributed by atoms with Crippen molar-refractivity contribution < 1.29 is 0 Å². The number of hydrogen-bond acceptors (Lipinski definition) is 2. The van der Waals surface area contributed by atoms with Crippen LogP contribution in [-0.4, -0.2) is 35.0 Å². The van der Waals surface area contributed by atoms with E-state index in [9.17, 15) is 0 Å². The summed E-state index contributed by atoms with van der Waals surface area (Å²) in [5, 5.41) is 0.841. The minimum absolute atomic E-state index is 0.832. The van der Waals surface area contributed by atoms with Crippen molar-refractivity contribution in [3.63, 3.8) is 0 Å². The van der Waals surface area contributed by atoms with Gasteiger partial charge >= 0.3 is 0 Å². The summed E-state index contributed by atoms with van der Waals surface area (Å²) in [6, 6.07) is 0.832. The zero-order valence-corrected chi connectivity index (χ0v) is 8.66. The van der Waals surface area contributed by atoms with Crippen molar-refractivity contribution in [3.05, 3.63) is 0 Å². The first-order valence-electron chi connectivity index (χ1n) is 4.65. The molecule has 0 radical (unpaired) electrons. The highest BCUT2D eigenvalue weighted by molar-refractivity contribution is 8.00. The third kappa shape index (κ3) is 2.12. The van der Waals surface area contributed by atoms with Crippen molar-refractivity contribution in [2.24, 2.45) is 0 Å². The standard InChI is InChI=1S/C9H19NS/c1-4-9-8(3)11-7-6-10(9)5-2/h8-9H,4-7H2,1-3H3. The predicted octanol–water partition coefficient (Wildman–Crippen LogP) is 2.22. The van der Waals surface area contributed by atoms with Crippen LogP contribution in [0.4, 0.5) is 0 Å². The van der Waals surface area contributed by atoms with Crippen LogP contribution in [-0.2, 0) is 0 Å². The molecule has 1 saturated heterocycles. The van der Waals surface area contributed by atoms with Crippen LogP contribution < -0.4 is 0 Å². The molecule has 2 unspecified atom stereocenters. The number of nitrogens with zero attached hydrogens (tertiary/aromatic N) is 1. The Kier molecular flexibility index (Phi) is 3.73. The fourth-order valence-electron chi connectivity index (χ4n) is 1.91. The lowest BCUT2D eigenvalue weighted by Crippen LogP contribution is -2.45. The average Bonchev–Trinajstić information content (AvgIpc) is 2.04. The van der Waals surface area contributed by atoms with Gasteiger partial charge in [0.25, 0.3) is 0 Å². The lowest BCUT2D eigenvalue weighted by atomic mass is 10.1. The van der Waals surface area contributed by atoms with Gasteiger partial charge in [0.15, 0.2) is 0 Å². The second kappa shape index (κ2) is 4.36. The van der Waals surface area contributed by atoms with Crippen molar-refractivity contribution in [2.45, 2.75) is 38.5 Å². The first-order chi connectivity index (χ1) is 5.29. The molecule has 0 saturated carbocycles. The molecule has 0 aromatic carbocycles. The molecule has 1 fully saturated rings. The Labute approximate surface area is 74.5 Å². The van der Waals surface area contributed by atoms with Crippen LogP contribution in [0.5, 0.6) is 0 Å². The average molecular weight is 173 g/mol. The molecule has 0 aromatic rings. The summed E-state index contributed by atoms with van der Waals surface area (Å²) < 4.78 is 0. The SMILES string of the molecule is CCC1C(C)SCCN1CC. The van der Waals surface area contributed by atoms with E-state index >= 15 is 0 Å². The van der Waals surface area contributed by atoms with Gasteiger partial charge in [-0.25, -0.2) is 0 Å². The fourth-order valence-corrected chi connectivity index (χ4v) is 3.21. The van der Waals surface area contributed by atoms with Gasteiger partial charge in [0, 0.05) is 23.6 Å². The van der Waals surface area contributed by atoms with Crippen molar-refractivity contribution in [1.82, 2.24) is 4.90 Å². The van der Waals surface area contributed by atoms with Crippen molar-refractivity contribution in [2.75, 3.05) is 18.8 Å². The Morgan fingerprint density at radius 2 is 2.18 bits per heavy atom. The number of hydrogen-bond donors (Lipinski definition) is 0. The fraction of sp³-hybridized carbons (Fsp3) is 1.00. The van der Waals surface area contributed by atoms with Gasteiger partial charge in [0.1, 0.15) is 0 Å². The third-order valence-electron chi connectivity index (χ3n) is 2.59. The lowest BCUT2D eigenvalue weighted by Gasteiger charge is -2.38. The molecule has 1 rings (SSSR count). The topological polar surface area (TPSA) is 3.24 Å². The molecule has 0 aliphatic carbocycles. The molecule has 2 atom stereocenters. The molecule has 1 aliphatic heterocycles. The molecule has 2 heteroatoms. The second-order valence-electron chi connectivity index (χ2n) is 3.18. The van der Waals surface area contributed by atoms with Crippen LogP contribution in [0, 0.1) is 0 Å². The van der Waals surface area contributed by atoms with E-state index in [1.807, 2.05) is 0 Å². The normalized spacial score (nSPS) is 34.1. The Bertz CT molecular complexity index is 116. The Morgan fingerprint density at radius 1 is 1.45 bits per heavy atom. The molecule has 66 valence electrons. The zero-order chi connectivity index (χ0) is 8.27. The summed E-state index contributed by atoms with van der Waals surface area (Å²) >= 11 is 2.13. The molecule has 0 amide bonds. The van der Waals surface area contributed by atoms with Gasteiger partial charge in [-0.1, -0.05) is 20.8 Å². The van der Waals surface area contributed by atoms with Crippen LogP contribution in [0.25, 0.3) is 0 Å². The highest BCUT2D eigenvalue weighted by Crippen LogP contribution is 2.25. The summed E-state index contributed by atoms with van der Waals surface area (Å²) in [4.78, 5) is 2.61. The van der Waals surface area contributed by atoms with Crippen LogP contribution in [0.1, 0.15) is 27.2 Å². The maximum atomic E-state index is 2.61. The van der Waals surface area contributed by atoms with Gasteiger partial charge in [-0.2, -0.15) is 11.8 Å². The quantitative estimate of drug-likeness (QED) is 0.630. The largest absolute Gasteiger partial charge is 0.299 e. The number of rotatable bonds is 2. The summed E-state index contributed by atoms with van der Waals surface area (Å²) in [6.07, 6.45) is 1.31. The van der Waals surface area contributed by atoms with Crippen LogP contribution in [0.2, 0.25) is 0 Å². The second-order valence-corrected chi connectivity index (χ2v) is 4.67. The van der Waals surface area contributed by atoms with Crippen molar-refractivity contribution in [1.29, 1.82) is 0 Å². The molecule has 11 heavy (non-hydrogen) atoms. The van der Waals surface area contributed by atoms with E-state index in [2.05, 4.69) is 37.4 Å². The molecular weight excluding hydrogens is 154 g/mol. The molecule has 0 aromatic heterocycles. The van der Waals surface area contributed by atoms with Gasteiger partial charge in [-0.15, -0.1) is 0 Å². The van der Waals surface area contributed by atoms with E-state index in [-0.39, 0.29) is 0 Å². The van der Waals surface area contributed by atoms with E-state index in [0.29, 0.717) is 0 Å². The summed E-state index contributed by atoms with van der Waals surface area (Å²) in [5.74, 6) is 1.32. The Morgan fingerprint density at radius 3 is 2.64 bits per heavy atom. The maximum absolute atomic E-state index is 2.61. The van der Waals surface area contributed by atoms with Crippen molar-refractivity contribution >= 4 is 11.8 Å². The van der Waals surface area contributed by atoms with Gasteiger partial charge in [0.05, 0.1) is 0 Å². The predicted molar refractivity (Wildman–Crippen MR) is 53.2 cm³/mol. The van der Waals surface area contributed by atoms with E-state index < -0.39 is 0 Å². The van der Waals surface area contributed by atoms with E-state index in [1.165, 1.54) is 25.3 Å². The van der Waals surface area contributed by atoms with Crippen LogP contribution in [0.15, 0.2) is 0 Å². The molecule has 0 bridgehead atoms. The minimum Gasteiger partial charge on any atom is -0.299 e. The summed E-state index contributed by atoms with van der Waals surface area (Å²) in [5.41, 5.74) is 0. The molecule has 1 heterocycles. The zero-order valence-electron chi connectivity index (χ0n) is 7.84. The van der Waals surface area contributed by atoms with E-state index in [1.54, 1.807) is 0 Å².